The Hall–Kier alpha value is -3.62. The van der Waals surface area contributed by atoms with Crippen LogP contribution in [0, 0.1) is 17.5 Å². The number of nitrogens with zero attached hydrogens (tertiary/aromatic N) is 2. The molecule has 0 bridgehead atoms. The molecule has 0 radical (unpaired) electrons. The smallest absolute Gasteiger partial charge is 0.276 e. The number of hydrogen-bond donors (Lipinski definition) is 2. The topological polar surface area (TPSA) is 90.0 Å². The molecule has 148 valence electrons. The molecule has 0 unspecified atom stereocenters. The van der Waals surface area contributed by atoms with Gasteiger partial charge in [0.1, 0.15) is 23.1 Å². The van der Waals surface area contributed by atoms with Crippen molar-refractivity contribution in [2.24, 2.45) is 5.73 Å². The number of hydrogen-bond acceptors (Lipinski definition) is 3. The maximum Gasteiger partial charge on any atom is 0.276 e. The number of primary amides is 1. The summed E-state index contributed by atoms with van der Waals surface area (Å²) in [6, 6.07) is 7.33. The zero-order chi connectivity index (χ0) is 20.7. The highest BCUT2D eigenvalue weighted by atomic mass is 19.1. The molecule has 2 amide bonds. The highest BCUT2D eigenvalue weighted by Gasteiger charge is 2.28. The lowest BCUT2D eigenvalue weighted by Gasteiger charge is -2.08. The molecule has 1 heterocycles. The number of fused-ring (bicyclic) bond motifs is 1. The highest BCUT2D eigenvalue weighted by molar-refractivity contribution is 6.05. The van der Waals surface area contributed by atoms with Gasteiger partial charge in [0, 0.05) is 17.3 Å². The maximum atomic E-state index is 14.2. The molecule has 29 heavy (non-hydrogen) atoms. The number of nitrogens with two attached hydrogens (primary N) is 1. The summed E-state index contributed by atoms with van der Waals surface area (Å²) in [7, 11) is 0. The van der Waals surface area contributed by atoms with Crippen LogP contribution in [0.3, 0.4) is 0 Å². The van der Waals surface area contributed by atoms with E-state index in [-0.39, 0.29) is 11.4 Å². The van der Waals surface area contributed by atoms with Crippen molar-refractivity contribution in [3.63, 3.8) is 0 Å². The number of halogens is 3. The molecule has 9 heteroatoms. The Labute approximate surface area is 163 Å². The van der Waals surface area contributed by atoms with Gasteiger partial charge in [0.15, 0.2) is 5.69 Å². The summed E-state index contributed by atoms with van der Waals surface area (Å²) in [5.41, 5.74) is 5.68. The molecule has 0 aliphatic heterocycles. The fraction of sp³-hybridized carbons (Fsp3) is 0.150. The molecule has 4 rings (SSSR count). The number of carbonyl (C=O) groups is 2. The Balaban J connectivity index is 1.73. The quantitative estimate of drug-likeness (QED) is 0.705. The first-order valence-electron chi connectivity index (χ1n) is 8.82. The highest BCUT2D eigenvalue weighted by Crippen LogP contribution is 2.29. The standard InChI is InChI=1S/C20H15F3N4O2/c21-12-5-1-2-6-17(12)27-16-7-3-4-10(16)18(26-27)20(29)25-15-8-11(19(24)28)13(22)9-14(15)23/h1-2,5-6,8-9H,3-4,7H2,(H2,24,28)(H,25,29). The van der Waals surface area contributed by atoms with Crippen LogP contribution in [0.4, 0.5) is 18.9 Å². The Kier molecular flexibility index (Phi) is 4.57. The van der Waals surface area contributed by atoms with E-state index in [2.05, 4.69) is 10.4 Å². The van der Waals surface area contributed by atoms with Gasteiger partial charge in [-0.2, -0.15) is 5.10 Å². The van der Waals surface area contributed by atoms with Gasteiger partial charge in [-0.3, -0.25) is 9.59 Å². The minimum Gasteiger partial charge on any atom is -0.366 e. The molecule has 3 N–H and O–H groups in total. The van der Waals surface area contributed by atoms with E-state index in [1.807, 2.05) is 0 Å². The predicted molar refractivity (Wildman–Crippen MR) is 98.4 cm³/mol. The zero-order valence-corrected chi connectivity index (χ0v) is 15.0. The van der Waals surface area contributed by atoms with Crippen molar-refractivity contribution >= 4 is 17.5 Å². The summed E-state index contributed by atoms with van der Waals surface area (Å²) in [6.45, 7) is 0. The second-order valence-corrected chi connectivity index (χ2v) is 6.62. The number of aromatic nitrogens is 2. The van der Waals surface area contributed by atoms with Crippen LogP contribution in [0.5, 0.6) is 0 Å². The molecule has 0 saturated carbocycles. The van der Waals surface area contributed by atoms with Crippen molar-refractivity contribution < 1.29 is 22.8 Å². The first-order chi connectivity index (χ1) is 13.9. The Morgan fingerprint density at radius 1 is 1.03 bits per heavy atom. The van der Waals surface area contributed by atoms with Crippen molar-refractivity contribution in [1.82, 2.24) is 9.78 Å². The van der Waals surface area contributed by atoms with Gasteiger partial charge in [0.2, 0.25) is 0 Å². The monoisotopic (exact) mass is 400 g/mol. The molecule has 3 aromatic rings. The Morgan fingerprint density at radius 3 is 2.52 bits per heavy atom. The average molecular weight is 400 g/mol. The third-order valence-electron chi connectivity index (χ3n) is 4.80. The largest absolute Gasteiger partial charge is 0.366 e. The normalized spacial score (nSPS) is 12.7. The zero-order valence-electron chi connectivity index (χ0n) is 15.0. The van der Waals surface area contributed by atoms with E-state index in [1.165, 1.54) is 10.7 Å². The van der Waals surface area contributed by atoms with Crippen molar-refractivity contribution in [3.8, 4) is 5.69 Å². The van der Waals surface area contributed by atoms with Crippen molar-refractivity contribution in [1.29, 1.82) is 0 Å². The lowest BCUT2D eigenvalue weighted by molar-refractivity contribution is 0.0991. The van der Waals surface area contributed by atoms with Gasteiger partial charge in [0.05, 0.1) is 11.3 Å². The van der Waals surface area contributed by atoms with Crippen LogP contribution in [0.1, 0.15) is 38.5 Å². The number of rotatable bonds is 4. The van der Waals surface area contributed by atoms with Gasteiger partial charge in [-0.1, -0.05) is 12.1 Å². The molecule has 1 aliphatic carbocycles. The van der Waals surface area contributed by atoms with Crippen molar-refractivity contribution in [2.75, 3.05) is 5.32 Å². The minimum absolute atomic E-state index is 0.0186. The van der Waals surface area contributed by atoms with Crippen LogP contribution in [0.15, 0.2) is 36.4 Å². The lowest BCUT2D eigenvalue weighted by Crippen LogP contribution is -2.18. The van der Waals surface area contributed by atoms with E-state index in [4.69, 9.17) is 5.73 Å². The van der Waals surface area contributed by atoms with Crippen molar-refractivity contribution in [2.45, 2.75) is 19.3 Å². The number of amides is 2. The maximum absolute atomic E-state index is 14.2. The number of nitrogens with one attached hydrogen (secondary N) is 1. The summed E-state index contributed by atoms with van der Waals surface area (Å²) in [6.07, 6.45) is 1.93. The summed E-state index contributed by atoms with van der Waals surface area (Å²) >= 11 is 0. The fourth-order valence-corrected chi connectivity index (χ4v) is 3.46. The van der Waals surface area contributed by atoms with E-state index in [0.29, 0.717) is 30.2 Å². The van der Waals surface area contributed by atoms with Crippen LogP contribution in [-0.2, 0) is 12.8 Å². The van der Waals surface area contributed by atoms with E-state index >= 15 is 0 Å². The predicted octanol–water partition coefficient (Wildman–Crippen LogP) is 3.13. The van der Waals surface area contributed by atoms with E-state index < -0.39 is 40.5 Å². The number of para-hydroxylation sites is 1. The number of carbonyl (C=O) groups excluding carboxylic acids is 2. The molecule has 2 aromatic carbocycles. The van der Waals surface area contributed by atoms with E-state index in [9.17, 15) is 22.8 Å². The molecule has 0 atom stereocenters. The molecule has 0 spiro atoms. The van der Waals surface area contributed by atoms with Gasteiger partial charge < -0.3 is 11.1 Å². The SMILES string of the molecule is NC(=O)c1cc(NC(=O)c2nn(-c3ccccc3F)c3c2CCC3)c(F)cc1F. The first kappa shape index (κ1) is 18.7. The van der Waals surface area contributed by atoms with Crippen LogP contribution in [-0.4, -0.2) is 21.6 Å². The third kappa shape index (κ3) is 3.24. The number of anilines is 1. The molecular weight excluding hydrogens is 385 g/mol. The summed E-state index contributed by atoms with van der Waals surface area (Å²) < 4.78 is 43.3. The first-order valence-corrected chi connectivity index (χ1v) is 8.82. The van der Waals surface area contributed by atoms with Crippen LogP contribution < -0.4 is 11.1 Å². The molecule has 1 aliphatic rings. The minimum atomic E-state index is -1.13. The van der Waals surface area contributed by atoms with Gasteiger partial charge in [-0.05, 0) is 37.5 Å². The van der Waals surface area contributed by atoms with Gasteiger partial charge in [-0.15, -0.1) is 0 Å². The second-order valence-electron chi connectivity index (χ2n) is 6.62. The molecule has 0 fully saturated rings. The van der Waals surface area contributed by atoms with Gasteiger partial charge >= 0.3 is 0 Å². The molecular formula is C20H15F3N4O2. The molecule has 6 nitrogen and oxygen atoms in total. The Bertz CT molecular complexity index is 1160. The summed E-state index contributed by atoms with van der Waals surface area (Å²) in [5, 5.41) is 6.54. The summed E-state index contributed by atoms with van der Waals surface area (Å²) in [4.78, 5) is 24.0. The van der Waals surface area contributed by atoms with Crippen molar-refractivity contribution in [3.05, 3.63) is 76.4 Å². The number of benzene rings is 2. The van der Waals surface area contributed by atoms with Gasteiger partial charge in [0.25, 0.3) is 11.8 Å². The van der Waals surface area contributed by atoms with E-state index in [0.717, 1.165) is 12.5 Å². The van der Waals surface area contributed by atoms with Crippen LogP contribution >= 0.6 is 0 Å². The fourth-order valence-electron chi connectivity index (χ4n) is 3.46. The van der Waals surface area contributed by atoms with Gasteiger partial charge in [-0.25, -0.2) is 17.9 Å². The third-order valence-corrected chi connectivity index (χ3v) is 4.80. The van der Waals surface area contributed by atoms with Crippen LogP contribution in [0.25, 0.3) is 5.69 Å². The molecule has 1 aromatic heterocycles. The summed E-state index contributed by atoms with van der Waals surface area (Å²) in [5.74, 6) is -4.53. The van der Waals surface area contributed by atoms with Crippen LogP contribution in [0.2, 0.25) is 0 Å². The lowest BCUT2D eigenvalue weighted by atomic mass is 10.1. The average Bonchev–Trinajstić information content (AvgIpc) is 3.27. The molecule has 0 saturated heterocycles. The van der Waals surface area contributed by atoms with E-state index in [1.54, 1.807) is 18.2 Å². The Morgan fingerprint density at radius 2 is 1.79 bits per heavy atom. The second kappa shape index (κ2) is 7.08.